The van der Waals surface area contributed by atoms with Crippen LogP contribution in [0.3, 0.4) is 0 Å². The molecule has 0 spiro atoms. The molecule has 1 aromatic heterocycles. The number of benzene rings is 3. The molecule has 1 unspecified atom stereocenters. The normalized spacial score (nSPS) is 17.4. The number of hydrogen-bond acceptors (Lipinski definition) is 8. The van der Waals surface area contributed by atoms with E-state index in [1.807, 2.05) is 31.2 Å². The van der Waals surface area contributed by atoms with E-state index in [2.05, 4.69) is 31.3 Å². The van der Waals surface area contributed by atoms with Crippen molar-refractivity contribution in [2.24, 2.45) is 17.6 Å². The number of aromatic amines is 1. The third-order valence-electron chi connectivity index (χ3n) is 8.63. The number of rotatable bonds is 11. The molecule has 0 radical (unpaired) electrons. The number of nitrogens with two attached hydrogens (primary N) is 1. The fourth-order valence-electron chi connectivity index (χ4n) is 5.71. The summed E-state index contributed by atoms with van der Waals surface area (Å²) in [5.41, 5.74) is 10.6. The van der Waals surface area contributed by atoms with Gasteiger partial charge in [-0.25, -0.2) is 12.7 Å². The number of hydrogen-bond donors (Lipinski definition) is 4. The van der Waals surface area contributed by atoms with Crippen molar-refractivity contribution in [3.63, 3.8) is 0 Å². The number of H-pyrrole nitrogens is 1. The molecule has 1 aliphatic rings. The highest BCUT2D eigenvalue weighted by atomic mass is 32.2. The lowest BCUT2D eigenvalue weighted by atomic mass is 9.81. The van der Waals surface area contributed by atoms with Gasteiger partial charge in [-0.3, -0.25) is 9.59 Å². The summed E-state index contributed by atoms with van der Waals surface area (Å²) >= 11 is 0. The summed E-state index contributed by atoms with van der Waals surface area (Å²) in [6.07, 6.45) is 3.56. The first-order valence-electron chi connectivity index (χ1n) is 15.3. The summed E-state index contributed by atoms with van der Waals surface area (Å²) in [5, 5.41) is 19.9. The van der Waals surface area contributed by atoms with Gasteiger partial charge in [-0.2, -0.15) is 5.21 Å². The van der Waals surface area contributed by atoms with Gasteiger partial charge in [-0.1, -0.05) is 30.3 Å². The predicted octanol–water partition coefficient (Wildman–Crippen LogP) is 3.52. The average molecular weight is 645 g/mol. The molecule has 1 saturated carbocycles. The van der Waals surface area contributed by atoms with Crippen LogP contribution in [0.1, 0.15) is 36.8 Å². The van der Waals surface area contributed by atoms with Crippen molar-refractivity contribution < 1.29 is 18.0 Å². The largest absolute Gasteiger partial charge is 0.344 e. The van der Waals surface area contributed by atoms with Crippen LogP contribution in [0.5, 0.6) is 0 Å². The highest BCUT2D eigenvalue weighted by Gasteiger charge is 2.29. The van der Waals surface area contributed by atoms with E-state index in [0.29, 0.717) is 24.0 Å². The van der Waals surface area contributed by atoms with E-state index >= 15 is 0 Å². The van der Waals surface area contributed by atoms with Crippen LogP contribution in [0.4, 0.5) is 5.69 Å². The van der Waals surface area contributed by atoms with Crippen LogP contribution < -0.4 is 16.4 Å². The molecular weight excluding hydrogens is 604 g/mol. The Morgan fingerprint density at radius 3 is 2.26 bits per heavy atom. The smallest absolute Gasteiger partial charge is 0.247 e. The first-order valence-corrected chi connectivity index (χ1v) is 16.8. The van der Waals surface area contributed by atoms with Gasteiger partial charge in [0.2, 0.25) is 27.7 Å². The number of amides is 2. The summed E-state index contributed by atoms with van der Waals surface area (Å²) in [7, 11) is -0.580. The minimum atomic E-state index is -3.59. The maximum absolute atomic E-state index is 13.6. The van der Waals surface area contributed by atoms with E-state index in [-0.39, 0.29) is 29.0 Å². The second kappa shape index (κ2) is 14.3. The Morgan fingerprint density at radius 2 is 1.65 bits per heavy atom. The van der Waals surface area contributed by atoms with Gasteiger partial charge in [0.15, 0.2) is 0 Å². The first kappa shape index (κ1) is 32.9. The maximum atomic E-state index is 13.6. The maximum Gasteiger partial charge on any atom is 0.247 e. The lowest BCUT2D eigenvalue weighted by Gasteiger charge is -2.28. The van der Waals surface area contributed by atoms with Crippen molar-refractivity contribution in [1.29, 1.82) is 0 Å². The standard InChI is InChI=1S/C33H40N8O4S/c1-21-4-17-28(46(44,45)41(2)3)19-29(21)24-9-5-22(6-10-24)18-30(36-32(42)26-11-7-23(20-34)8-12-26)33(43)35-27-15-13-25(14-16-27)31-37-39-40-38-31/h4-6,9-10,13-17,19,23,26,30H,7-8,11-12,18,20,34H2,1-3H3,(H,35,43)(H,36,42)(H,37,38,39,40). The molecule has 13 heteroatoms. The Labute approximate surface area is 269 Å². The number of aryl methyl sites for hydroxylation is 1. The molecule has 1 fully saturated rings. The van der Waals surface area contributed by atoms with Crippen molar-refractivity contribution in [2.75, 3.05) is 26.0 Å². The van der Waals surface area contributed by atoms with E-state index in [1.165, 1.54) is 18.4 Å². The van der Waals surface area contributed by atoms with Gasteiger partial charge < -0.3 is 16.4 Å². The van der Waals surface area contributed by atoms with Crippen molar-refractivity contribution in [3.05, 3.63) is 77.9 Å². The Bertz CT molecular complexity index is 1750. The van der Waals surface area contributed by atoms with Gasteiger partial charge in [0, 0.05) is 37.7 Å². The monoisotopic (exact) mass is 644 g/mol. The number of tetrazole rings is 1. The van der Waals surface area contributed by atoms with Crippen LogP contribution in [-0.4, -0.2) is 71.8 Å². The number of nitrogens with one attached hydrogen (secondary N) is 3. The minimum Gasteiger partial charge on any atom is -0.344 e. The summed E-state index contributed by atoms with van der Waals surface area (Å²) in [6.45, 7) is 2.55. The lowest BCUT2D eigenvalue weighted by Crippen LogP contribution is -2.48. The van der Waals surface area contributed by atoms with Gasteiger partial charge in [-0.05, 0) is 109 Å². The zero-order chi connectivity index (χ0) is 32.8. The predicted molar refractivity (Wildman–Crippen MR) is 176 cm³/mol. The average Bonchev–Trinajstić information content (AvgIpc) is 3.60. The van der Waals surface area contributed by atoms with E-state index in [9.17, 15) is 18.0 Å². The highest BCUT2D eigenvalue weighted by molar-refractivity contribution is 7.89. The fourth-order valence-corrected chi connectivity index (χ4v) is 6.64. The van der Waals surface area contributed by atoms with Crippen LogP contribution in [0.25, 0.3) is 22.5 Å². The number of sulfonamides is 1. The van der Waals surface area contributed by atoms with Crippen molar-refractivity contribution in [2.45, 2.75) is 50.0 Å². The summed E-state index contributed by atoms with van der Waals surface area (Å²) < 4.78 is 26.7. The zero-order valence-electron chi connectivity index (χ0n) is 26.2. The second-order valence-electron chi connectivity index (χ2n) is 12.0. The van der Waals surface area contributed by atoms with Crippen LogP contribution >= 0.6 is 0 Å². The van der Waals surface area contributed by atoms with Gasteiger partial charge in [0.25, 0.3) is 0 Å². The Hall–Kier alpha value is -4.46. The quantitative estimate of drug-likeness (QED) is 0.192. The molecule has 5 rings (SSSR count). The van der Waals surface area contributed by atoms with E-state index < -0.39 is 16.1 Å². The topological polar surface area (TPSA) is 176 Å². The Balaban J connectivity index is 1.34. The number of carbonyl (C=O) groups is 2. The van der Waals surface area contributed by atoms with Gasteiger partial charge >= 0.3 is 0 Å². The lowest BCUT2D eigenvalue weighted by molar-refractivity contribution is -0.130. The molecule has 0 saturated heterocycles. The van der Waals surface area contributed by atoms with Crippen molar-refractivity contribution in [3.8, 4) is 22.5 Å². The molecule has 2 amide bonds. The molecule has 1 aliphatic carbocycles. The number of carbonyl (C=O) groups excluding carboxylic acids is 2. The molecule has 4 aromatic rings. The number of aromatic nitrogens is 4. The van der Waals surface area contributed by atoms with Crippen LogP contribution in [0, 0.1) is 18.8 Å². The Morgan fingerprint density at radius 1 is 0.978 bits per heavy atom. The van der Waals surface area contributed by atoms with E-state index in [1.54, 1.807) is 42.5 Å². The van der Waals surface area contributed by atoms with Gasteiger partial charge in [-0.15, -0.1) is 10.2 Å². The molecular formula is C33H40N8O4S. The van der Waals surface area contributed by atoms with Crippen molar-refractivity contribution >= 4 is 27.5 Å². The summed E-state index contributed by atoms with van der Waals surface area (Å²) in [6, 6.07) is 18.9. The zero-order valence-corrected chi connectivity index (χ0v) is 27.0. The second-order valence-corrected chi connectivity index (χ2v) is 14.1. The molecule has 1 atom stereocenters. The third kappa shape index (κ3) is 7.66. The summed E-state index contributed by atoms with van der Waals surface area (Å²) in [4.78, 5) is 27.2. The van der Waals surface area contributed by atoms with Gasteiger partial charge in [0.1, 0.15) is 6.04 Å². The molecule has 0 bridgehead atoms. The van der Waals surface area contributed by atoms with E-state index in [4.69, 9.17) is 5.73 Å². The van der Waals surface area contributed by atoms with Gasteiger partial charge in [0.05, 0.1) is 4.90 Å². The number of nitrogens with zero attached hydrogens (tertiary/aromatic N) is 4. The molecule has 12 nitrogen and oxygen atoms in total. The summed E-state index contributed by atoms with van der Waals surface area (Å²) in [5.74, 6) is 0.247. The SMILES string of the molecule is Cc1ccc(S(=O)(=O)N(C)C)cc1-c1ccc(CC(NC(=O)C2CCC(CN)CC2)C(=O)Nc2ccc(-c3nn[nH]n3)cc2)cc1. The van der Waals surface area contributed by atoms with Crippen LogP contribution in [-0.2, 0) is 26.0 Å². The first-order chi connectivity index (χ1) is 22.0. The molecule has 3 aromatic carbocycles. The van der Waals surface area contributed by atoms with Crippen LogP contribution in [0.15, 0.2) is 71.6 Å². The van der Waals surface area contributed by atoms with Crippen LogP contribution in [0.2, 0.25) is 0 Å². The molecule has 1 heterocycles. The molecule has 46 heavy (non-hydrogen) atoms. The fraction of sp³-hybridized carbons (Fsp3) is 0.364. The van der Waals surface area contributed by atoms with Crippen molar-refractivity contribution in [1.82, 2.24) is 30.2 Å². The third-order valence-corrected chi connectivity index (χ3v) is 10.4. The highest BCUT2D eigenvalue weighted by Crippen LogP contribution is 2.30. The molecule has 242 valence electrons. The molecule has 0 aliphatic heterocycles. The Kier molecular flexibility index (Phi) is 10.2. The minimum absolute atomic E-state index is 0.130. The molecule has 5 N–H and O–H groups in total. The number of anilines is 1. The van der Waals surface area contributed by atoms with E-state index in [0.717, 1.165) is 53.5 Å².